The average molecular weight is 375 g/mol. The molecule has 0 saturated carbocycles. The molecule has 4 nitrogen and oxygen atoms in total. The van der Waals surface area contributed by atoms with E-state index in [4.69, 9.17) is 11.6 Å². The average Bonchev–Trinajstić information content (AvgIpc) is 3.04. The molecule has 0 unspecified atom stereocenters. The van der Waals surface area contributed by atoms with Gasteiger partial charge in [-0.2, -0.15) is 0 Å². The van der Waals surface area contributed by atoms with Gasteiger partial charge in [0.15, 0.2) is 0 Å². The molecule has 1 saturated heterocycles. The zero-order valence-electron chi connectivity index (χ0n) is 13.6. The van der Waals surface area contributed by atoms with Gasteiger partial charge in [-0.15, -0.1) is 0 Å². The van der Waals surface area contributed by atoms with Crippen LogP contribution in [0.2, 0.25) is 5.02 Å². The molecule has 0 aromatic heterocycles. The van der Waals surface area contributed by atoms with Gasteiger partial charge in [0.25, 0.3) is 0 Å². The van der Waals surface area contributed by atoms with Crippen molar-refractivity contribution in [2.45, 2.75) is 25.0 Å². The third kappa shape index (κ3) is 4.84. The highest BCUT2D eigenvalue weighted by atomic mass is 35.5. The number of nitrogens with one attached hydrogen (secondary N) is 2. The van der Waals surface area contributed by atoms with Crippen molar-refractivity contribution in [3.8, 4) is 0 Å². The molecule has 1 aliphatic heterocycles. The zero-order valence-corrected chi connectivity index (χ0v) is 15.1. The summed E-state index contributed by atoms with van der Waals surface area (Å²) in [5.74, 6) is 0.631. The highest BCUT2D eigenvalue weighted by Gasteiger charge is 2.31. The Kier molecular flexibility index (Phi) is 6.13. The summed E-state index contributed by atoms with van der Waals surface area (Å²) < 4.78 is 0. The highest BCUT2D eigenvalue weighted by molar-refractivity contribution is 8.14. The molecule has 3 rings (SSSR count). The van der Waals surface area contributed by atoms with E-state index < -0.39 is 6.04 Å². The number of carbonyl (C=O) groups excluding carboxylic acids is 2. The number of rotatable bonds is 6. The normalized spacial score (nSPS) is 18.1. The van der Waals surface area contributed by atoms with Crippen LogP contribution in [0.25, 0.3) is 0 Å². The van der Waals surface area contributed by atoms with Gasteiger partial charge in [0.1, 0.15) is 6.04 Å². The molecule has 6 heteroatoms. The minimum Gasteiger partial charge on any atom is -0.350 e. The standard InChI is InChI=1S/C19H19ClN2O2S/c20-15-8-6-14(7-9-15)17(22-16-10-11-25-19(16)24)18(23)21-12-13-4-2-1-3-5-13/h1-9,16-17,22H,10-12H2,(H,21,23)/t16-,17-/m1/s1. The lowest BCUT2D eigenvalue weighted by Gasteiger charge is -2.22. The summed E-state index contributed by atoms with van der Waals surface area (Å²) in [5, 5.41) is 6.86. The van der Waals surface area contributed by atoms with Crippen LogP contribution in [-0.4, -0.2) is 22.8 Å². The number of benzene rings is 2. The summed E-state index contributed by atoms with van der Waals surface area (Å²) >= 11 is 7.26. The Bertz CT molecular complexity index is 737. The SMILES string of the molecule is O=C1SCC[C@H]1N[C@@H](C(=O)NCc1ccccc1)c1ccc(Cl)cc1. The number of hydrogen-bond donors (Lipinski definition) is 2. The lowest BCUT2D eigenvalue weighted by atomic mass is 10.0. The monoisotopic (exact) mass is 374 g/mol. The van der Waals surface area contributed by atoms with Crippen LogP contribution in [0.5, 0.6) is 0 Å². The smallest absolute Gasteiger partial charge is 0.242 e. The maximum absolute atomic E-state index is 12.8. The Morgan fingerprint density at radius 3 is 2.52 bits per heavy atom. The lowest BCUT2D eigenvalue weighted by molar-refractivity contribution is -0.124. The Morgan fingerprint density at radius 1 is 1.16 bits per heavy atom. The van der Waals surface area contributed by atoms with Crippen molar-refractivity contribution in [1.29, 1.82) is 0 Å². The van der Waals surface area contributed by atoms with Crippen molar-refractivity contribution < 1.29 is 9.59 Å². The first-order valence-electron chi connectivity index (χ1n) is 8.13. The van der Waals surface area contributed by atoms with Crippen LogP contribution in [0.15, 0.2) is 54.6 Å². The summed E-state index contributed by atoms with van der Waals surface area (Å²) in [4.78, 5) is 24.7. The zero-order chi connectivity index (χ0) is 17.6. The third-order valence-electron chi connectivity index (χ3n) is 4.08. The molecule has 1 heterocycles. The second-order valence-corrected chi connectivity index (χ2v) is 7.40. The summed E-state index contributed by atoms with van der Waals surface area (Å²) in [6.45, 7) is 0.443. The van der Waals surface area contributed by atoms with Gasteiger partial charge in [-0.05, 0) is 29.7 Å². The molecule has 130 valence electrons. The van der Waals surface area contributed by atoms with Gasteiger partial charge in [-0.25, -0.2) is 0 Å². The molecule has 0 aliphatic carbocycles. The second kappa shape index (κ2) is 8.52. The molecule has 0 bridgehead atoms. The van der Waals surface area contributed by atoms with Crippen molar-refractivity contribution in [2.75, 3.05) is 5.75 Å². The van der Waals surface area contributed by atoms with E-state index in [1.165, 1.54) is 11.8 Å². The molecule has 0 spiro atoms. The molecule has 1 fully saturated rings. The minimum absolute atomic E-state index is 0.0924. The number of carbonyl (C=O) groups is 2. The van der Waals surface area contributed by atoms with E-state index in [-0.39, 0.29) is 17.1 Å². The molecule has 2 aromatic rings. The summed E-state index contributed by atoms with van der Waals surface area (Å²) in [5.41, 5.74) is 1.82. The van der Waals surface area contributed by atoms with Crippen molar-refractivity contribution in [1.82, 2.24) is 10.6 Å². The summed E-state index contributed by atoms with van der Waals surface area (Å²) in [6.07, 6.45) is 0.736. The third-order valence-corrected chi connectivity index (χ3v) is 5.34. The molecular weight excluding hydrogens is 356 g/mol. The number of halogens is 1. The Morgan fingerprint density at radius 2 is 1.88 bits per heavy atom. The van der Waals surface area contributed by atoms with Crippen LogP contribution >= 0.6 is 23.4 Å². The van der Waals surface area contributed by atoms with E-state index in [9.17, 15) is 9.59 Å². The van der Waals surface area contributed by atoms with E-state index in [2.05, 4.69) is 10.6 Å². The van der Waals surface area contributed by atoms with Crippen molar-refractivity contribution in [3.63, 3.8) is 0 Å². The van der Waals surface area contributed by atoms with Gasteiger partial charge in [0.2, 0.25) is 11.0 Å². The summed E-state index contributed by atoms with van der Waals surface area (Å²) in [7, 11) is 0. The van der Waals surface area contributed by atoms with Crippen LogP contribution in [0.4, 0.5) is 0 Å². The van der Waals surface area contributed by atoms with Gasteiger partial charge < -0.3 is 5.32 Å². The van der Waals surface area contributed by atoms with Crippen LogP contribution in [0.3, 0.4) is 0 Å². The molecule has 2 aromatic carbocycles. The minimum atomic E-state index is -0.589. The first-order chi connectivity index (χ1) is 12.1. The molecule has 2 N–H and O–H groups in total. The quantitative estimate of drug-likeness (QED) is 0.814. The van der Waals surface area contributed by atoms with Crippen molar-refractivity contribution in [2.24, 2.45) is 0 Å². The van der Waals surface area contributed by atoms with E-state index in [0.29, 0.717) is 11.6 Å². The van der Waals surface area contributed by atoms with Crippen molar-refractivity contribution >= 4 is 34.4 Å². The molecule has 2 atom stereocenters. The van der Waals surface area contributed by atoms with E-state index in [1.54, 1.807) is 12.1 Å². The Labute approximate surface area is 156 Å². The van der Waals surface area contributed by atoms with Crippen molar-refractivity contribution in [3.05, 3.63) is 70.7 Å². The predicted octanol–water partition coefficient (Wildman–Crippen LogP) is 3.32. The maximum Gasteiger partial charge on any atom is 0.242 e. The van der Waals surface area contributed by atoms with Crippen LogP contribution in [0.1, 0.15) is 23.6 Å². The fourth-order valence-corrected chi connectivity index (χ4v) is 3.78. The first kappa shape index (κ1) is 18.0. The maximum atomic E-state index is 12.8. The highest BCUT2D eigenvalue weighted by Crippen LogP contribution is 2.24. The van der Waals surface area contributed by atoms with Crippen LogP contribution in [0, 0.1) is 0 Å². The largest absolute Gasteiger partial charge is 0.350 e. The molecule has 1 aliphatic rings. The first-order valence-corrected chi connectivity index (χ1v) is 9.49. The number of amides is 1. The number of hydrogen-bond acceptors (Lipinski definition) is 4. The summed E-state index contributed by atoms with van der Waals surface area (Å²) in [6, 6.07) is 16.0. The Hall–Kier alpha value is -1.82. The van der Waals surface area contributed by atoms with Gasteiger partial charge >= 0.3 is 0 Å². The van der Waals surface area contributed by atoms with E-state index in [1.807, 2.05) is 42.5 Å². The molecular formula is C19H19ClN2O2S. The lowest BCUT2D eigenvalue weighted by Crippen LogP contribution is -2.43. The van der Waals surface area contributed by atoms with Crippen LogP contribution < -0.4 is 10.6 Å². The number of thioether (sulfide) groups is 1. The topological polar surface area (TPSA) is 58.2 Å². The predicted molar refractivity (Wildman–Crippen MR) is 101 cm³/mol. The van der Waals surface area contributed by atoms with Gasteiger partial charge in [0.05, 0.1) is 6.04 Å². The second-order valence-electron chi connectivity index (χ2n) is 5.86. The van der Waals surface area contributed by atoms with Gasteiger partial charge in [-0.3, -0.25) is 14.9 Å². The molecule has 25 heavy (non-hydrogen) atoms. The molecule has 0 radical (unpaired) electrons. The fourth-order valence-electron chi connectivity index (χ4n) is 2.71. The van der Waals surface area contributed by atoms with E-state index in [0.717, 1.165) is 23.3 Å². The van der Waals surface area contributed by atoms with Gasteiger partial charge in [-0.1, -0.05) is 65.8 Å². The molecule has 1 amide bonds. The van der Waals surface area contributed by atoms with Gasteiger partial charge in [0, 0.05) is 17.3 Å². The fraction of sp³-hybridized carbons (Fsp3) is 0.263. The van der Waals surface area contributed by atoms with Crippen LogP contribution in [-0.2, 0) is 16.1 Å². The van der Waals surface area contributed by atoms with E-state index >= 15 is 0 Å². The Balaban J connectivity index is 1.73.